The smallest absolute Gasteiger partial charge is 0.123 e. The van der Waals surface area contributed by atoms with Crippen LogP contribution in [-0.2, 0) is 13.1 Å². The molecule has 0 aliphatic heterocycles. The van der Waals surface area contributed by atoms with Crippen molar-refractivity contribution < 1.29 is 4.74 Å². The van der Waals surface area contributed by atoms with Crippen LogP contribution in [0.15, 0.2) is 54.7 Å². The molecule has 4 aromatic rings. The maximum absolute atomic E-state index is 5.25. The topological polar surface area (TPSA) is 56.9 Å². The number of aryl methyl sites for hydroxylation is 1. The predicted octanol–water partition coefficient (Wildman–Crippen LogP) is 4.41. The summed E-state index contributed by atoms with van der Waals surface area (Å²) in [5.74, 6) is 1.90. The predicted molar refractivity (Wildman–Crippen MR) is 116 cm³/mol. The van der Waals surface area contributed by atoms with Crippen LogP contribution in [0.4, 0.5) is 0 Å². The van der Waals surface area contributed by atoms with Gasteiger partial charge in [0, 0.05) is 23.8 Å². The molecule has 0 fully saturated rings. The first-order chi connectivity index (χ1) is 14.1. The van der Waals surface area contributed by atoms with Crippen LogP contribution in [0.3, 0.4) is 0 Å². The third-order valence-corrected chi connectivity index (χ3v) is 5.45. The highest BCUT2D eigenvalue weighted by Gasteiger charge is 2.16. The van der Waals surface area contributed by atoms with Crippen LogP contribution < -0.4 is 10.1 Å². The molecular weight excluding hydrogens is 362 g/mol. The Morgan fingerprint density at radius 3 is 2.59 bits per heavy atom. The minimum atomic E-state index is 0.159. The number of rotatable bonds is 7. The number of imidazole rings is 1. The number of nitrogens with zero attached hydrogens (tertiary/aromatic N) is 4. The van der Waals surface area contributed by atoms with E-state index in [0.717, 1.165) is 35.0 Å². The van der Waals surface area contributed by atoms with Gasteiger partial charge in [-0.05, 0) is 57.2 Å². The number of benzene rings is 2. The molecule has 0 unspecified atom stereocenters. The van der Waals surface area contributed by atoms with Gasteiger partial charge in [0.2, 0.25) is 0 Å². The molecule has 2 aromatic carbocycles. The molecule has 1 atom stereocenters. The molecule has 0 saturated carbocycles. The Morgan fingerprint density at radius 1 is 1.10 bits per heavy atom. The Kier molecular flexibility index (Phi) is 5.36. The van der Waals surface area contributed by atoms with Crippen molar-refractivity contribution in [2.45, 2.75) is 39.9 Å². The Labute approximate surface area is 171 Å². The van der Waals surface area contributed by atoms with E-state index in [9.17, 15) is 0 Å². The number of ether oxygens (including phenoxy) is 1. The molecule has 2 aromatic heterocycles. The Bertz CT molecular complexity index is 1110. The van der Waals surface area contributed by atoms with Crippen LogP contribution in [-0.4, -0.2) is 26.4 Å². The molecule has 0 aliphatic rings. The van der Waals surface area contributed by atoms with Gasteiger partial charge in [-0.2, -0.15) is 5.10 Å². The van der Waals surface area contributed by atoms with Crippen molar-refractivity contribution in [3.63, 3.8) is 0 Å². The monoisotopic (exact) mass is 389 g/mol. The number of aromatic nitrogens is 4. The van der Waals surface area contributed by atoms with Crippen molar-refractivity contribution in [1.82, 2.24) is 24.6 Å². The summed E-state index contributed by atoms with van der Waals surface area (Å²) in [7, 11) is 1.67. The fourth-order valence-corrected chi connectivity index (χ4v) is 3.80. The quantitative estimate of drug-likeness (QED) is 0.509. The minimum absolute atomic E-state index is 0.159. The Hall–Kier alpha value is -3.12. The zero-order chi connectivity index (χ0) is 20.4. The van der Waals surface area contributed by atoms with Crippen LogP contribution in [0.5, 0.6) is 5.75 Å². The average Bonchev–Trinajstić information content (AvgIpc) is 3.32. The Balaban J connectivity index is 1.52. The number of fused-ring (bicyclic) bond motifs is 1. The number of methoxy groups -OCH3 is 1. The third-order valence-electron chi connectivity index (χ3n) is 5.45. The summed E-state index contributed by atoms with van der Waals surface area (Å²) in [6, 6.07) is 16.4. The second kappa shape index (κ2) is 8.09. The second-order valence-corrected chi connectivity index (χ2v) is 7.16. The molecule has 2 heterocycles. The van der Waals surface area contributed by atoms with E-state index >= 15 is 0 Å². The van der Waals surface area contributed by atoms with Gasteiger partial charge < -0.3 is 14.6 Å². The van der Waals surface area contributed by atoms with E-state index < -0.39 is 0 Å². The van der Waals surface area contributed by atoms with Crippen molar-refractivity contribution in [1.29, 1.82) is 0 Å². The second-order valence-electron chi connectivity index (χ2n) is 7.16. The summed E-state index contributed by atoms with van der Waals surface area (Å²) in [5.41, 5.74) is 5.55. The van der Waals surface area contributed by atoms with E-state index in [1.807, 2.05) is 41.2 Å². The van der Waals surface area contributed by atoms with Crippen molar-refractivity contribution in [2.75, 3.05) is 7.11 Å². The van der Waals surface area contributed by atoms with Gasteiger partial charge in [0.1, 0.15) is 11.6 Å². The molecule has 0 radical (unpaired) electrons. The molecule has 6 nitrogen and oxygen atoms in total. The molecule has 4 rings (SSSR count). The van der Waals surface area contributed by atoms with Crippen LogP contribution in [0, 0.1) is 6.92 Å². The van der Waals surface area contributed by atoms with E-state index in [-0.39, 0.29) is 6.04 Å². The van der Waals surface area contributed by atoms with Crippen molar-refractivity contribution in [3.05, 3.63) is 71.8 Å². The largest absolute Gasteiger partial charge is 0.497 e. The summed E-state index contributed by atoms with van der Waals surface area (Å²) in [5, 5.41) is 8.22. The molecule has 0 bridgehead atoms. The van der Waals surface area contributed by atoms with Crippen molar-refractivity contribution in [3.8, 4) is 11.4 Å². The molecule has 150 valence electrons. The Morgan fingerprint density at radius 2 is 1.86 bits per heavy atom. The van der Waals surface area contributed by atoms with Gasteiger partial charge in [0.25, 0.3) is 0 Å². The molecule has 6 heteroatoms. The van der Waals surface area contributed by atoms with E-state index in [4.69, 9.17) is 9.72 Å². The van der Waals surface area contributed by atoms with Gasteiger partial charge in [-0.25, -0.2) is 9.67 Å². The zero-order valence-corrected chi connectivity index (χ0v) is 17.4. The summed E-state index contributed by atoms with van der Waals surface area (Å²) in [4.78, 5) is 4.81. The van der Waals surface area contributed by atoms with Crippen LogP contribution in [0.2, 0.25) is 0 Å². The third kappa shape index (κ3) is 3.63. The maximum atomic E-state index is 5.25. The summed E-state index contributed by atoms with van der Waals surface area (Å²) in [6.07, 6.45) is 1.94. The van der Waals surface area contributed by atoms with Gasteiger partial charge in [0.15, 0.2) is 0 Å². The normalized spacial score (nSPS) is 12.4. The minimum Gasteiger partial charge on any atom is -0.497 e. The molecule has 0 aliphatic carbocycles. The molecule has 29 heavy (non-hydrogen) atoms. The first-order valence-corrected chi connectivity index (χ1v) is 9.98. The van der Waals surface area contributed by atoms with E-state index in [2.05, 4.69) is 54.0 Å². The lowest BCUT2D eigenvalue weighted by Gasteiger charge is -2.15. The zero-order valence-electron chi connectivity index (χ0n) is 17.4. The van der Waals surface area contributed by atoms with Crippen molar-refractivity contribution in [2.24, 2.45) is 0 Å². The number of nitrogens with one attached hydrogen (secondary N) is 1. The number of para-hydroxylation sites is 2. The lowest BCUT2D eigenvalue weighted by molar-refractivity contribution is 0.414. The van der Waals surface area contributed by atoms with Crippen LogP contribution >= 0.6 is 0 Å². The van der Waals surface area contributed by atoms with E-state index in [1.54, 1.807) is 7.11 Å². The first kappa shape index (κ1) is 19.2. The SMILES string of the molecule is CCn1c(CN[C@@H](C)c2cnn(-c3ccc(OC)cc3)c2C)nc2ccccc21. The lowest BCUT2D eigenvalue weighted by Crippen LogP contribution is -2.21. The van der Waals surface area contributed by atoms with Gasteiger partial charge in [0.05, 0.1) is 36.6 Å². The highest BCUT2D eigenvalue weighted by atomic mass is 16.5. The number of hydrogen-bond donors (Lipinski definition) is 1. The molecule has 0 spiro atoms. The van der Waals surface area contributed by atoms with Gasteiger partial charge in [-0.1, -0.05) is 12.1 Å². The summed E-state index contributed by atoms with van der Waals surface area (Å²) >= 11 is 0. The molecular formula is C23H27N5O. The van der Waals surface area contributed by atoms with Crippen LogP contribution in [0.1, 0.15) is 37.0 Å². The van der Waals surface area contributed by atoms with Gasteiger partial charge >= 0.3 is 0 Å². The van der Waals surface area contributed by atoms with E-state index in [1.165, 1.54) is 11.1 Å². The molecule has 0 saturated heterocycles. The van der Waals surface area contributed by atoms with Crippen LogP contribution in [0.25, 0.3) is 16.7 Å². The maximum Gasteiger partial charge on any atom is 0.123 e. The van der Waals surface area contributed by atoms with Gasteiger partial charge in [-0.15, -0.1) is 0 Å². The summed E-state index contributed by atoms with van der Waals surface area (Å²) in [6.45, 7) is 8.04. The fraction of sp³-hybridized carbons (Fsp3) is 0.304. The van der Waals surface area contributed by atoms with E-state index in [0.29, 0.717) is 6.54 Å². The first-order valence-electron chi connectivity index (χ1n) is 9.98. The highest BCUT2D eigenvalue weighted by Crippen LogP contribution is 2.22. The lowest BCUT2D eigenvalue weighted by atomic mass is 10.1. The highest BCUT2D eigenvalue weighted by molar-refractivity contribution is 5.75. The fourth-order valence-electron chi connectivity index (χ4n) is 3.80. The average molecular weight is 390 g/mol. The summed E-state index contributed by atoms with van der Waals surface area (Å²) < 4.78 is 9.48. The van der Waals surface area contributed by atoms with Gasteiger partial charge in [-0.3, -0.25) is 0 Å². The number of hydrogen-bond acceptors (Lipinski definition) is 4. The molecule has 1 N–H and O–H groups in total. The van der Waals surface area contributed by atoms with Crippen molar-refractivity contribution >= 4 is 11.0 Å². The standard InChI is InChI=1S/C23H27N5O/c1-5-27-22-9-7-6-8-21(22)26-23(27)15-24-16(2)20-14-25-28(17(20)3)18-10-12-19(29-4)13-11-18/h6-14,16,24H,5,15H2,1-4H3/t16-/m0/s1. The molecule has 0 amide bonds.